The van der Waals surface area contributed by atoms with E-state index in [1.54, 1.807) is 6.92 Å². The van der Waals surface area contributed by atoms with Gasteiger partial charge in [-0.15, -0.1) is 5.10 Å². The van der Waals surface area contributed by atoms with E-state index < -0.39 is 15.9 Å². The summed E-state index contributed by atoms with van der Waals surface area (Å²) in [6.07, 6.45) is 0.350. The van der Waals surface area contributed by atoms with Crippen LogP contribution in [0.4, 0.5) is 6.01 Å². The summed E-state index contributed by atoms with van der Waals surface area (Å²) in [7, 11) is -3.74. The highest BCUT2D eigenvalue weighted by molar-refractivity contribution is 7.89. The zero-order valence-electron chi connectivity index (χ0n) is 20.0. The smallest absolute Gasteiger partial charge is 0.322 e. The van der Waals surface area contributed by atoms with Crippen molar-refractivity contribution in [2.24, 2.45) is 0 Å². The fraction of sp³-hybridized carbons (Fsp3) is 0.192. The lowest BCUT2D eigenvalue weighted by atomic mass is 10.1. The topological polar surface area (TPSA) is 124 Å². The SMILES string of the molecule is CCN(Cc1ccccc1)S(=O)(=O)c1ccc(C(=O)Nc2nnc(Cc3ccc4c(c3)OCO4)o2)cc1. The molecular formula is C26H24N4O6S. The lowest BCUT2D eigenvalue weighted by molar-refractivity contribution is 0.102. The van der Waals surface area contributed by atoms with Crippen molar-refractivity contribution >= 4 is 21.9 Å². The Kier molecular flexibility index (Phi) is 6.89. The van der Waals surface area contributed by atoms with Crippen molar-refractivity contribution in [1.29, 1.82) is 0 Å². The van der Waals surface area contributed by atoms with Crippen molar-refractivity contribution in [3.8, 4) is 11.5 Å². The Morgan fingerprint density at radius 1 is 0.946 bits per heavy atom. The van der Waals surface area contributed by atoms with Gasteiger partial charge in [0.25, 0.3) is 5.91 Å². The molecule has 0 saturated carbocycles. The monoisotopic (exact) mass is 520 g/mol. The van der Waals surface area contributed by atoms with Crippen LogP contribution >= 0.6 is 0 Å². The highest BCUT2D eigenvalue weighted by Crippen LogP contribution is 2.33. The Labute approximate surface area is 213 Å². The standard InChI is InChI=1S/C26H24N4O6S/c1-2-30(16-18-6-4-3-5-7-18)37(32,33)21-11-9-20(10-12-21)25(31)27-26-29-28-24(36-26)15-19-8-13-22-23(14-19)35-17-34-22/h3-14H,2,15-17H2,1H3,(H,27,29,31). The fourth-order valence-electron chi connectivity index (χ4n) is 3.85. The molecule has 0 fully saturated rings. The first-order valence-electron chi connectivity index (χ1n) is 11.6. The van der Waals surface area contributed by atoms with Gasteiger partial charge in [-0.05, 0) is 47.5 Å². The number of benzene rings is 3. The molecule has 0 saturated heterocycles. The van der Waals surface area contributed by atoms with Crippen molar-refractivity contribution in [1.82, 2.24) is 14.5 Å². The maximum absolute atomic E-state index is 13.1. The minimum absolute atomic E-state index is 0.0579. The van der Waals surface area contributed by atoms with E-state index in [0.717, 1.165) is 11.1 Å². The van der Waals surface area contributed by atoms with Crippen molar-refractivity contribution < 1.29 is 27.1 Å². The molecule has 190 valence electrons. The van der Waals surface area contributed by atoms with Crippen LogP contribution < -0.4 is 14.8 Å². The van der Waals surface area contributed by atoms with Crippen molar-refractivity contribution in [2.45, 2.75) is 24.8 Å². The van der Waals surface area contributed by atoms with Gasteiger partial charge in [0, 0.05) is 18.7 Å². The molecule has 2 heterocycles. The van der Waals surface area contributed by atoms with Crippen molar-refractivity contribution in [3.63, 3.8) is 0 Å². The van der Waals surface area contributed by atoms with Gasteiger partial charge in [0.15, 0.2) is 11.5 Å². The lowest BCUT2D eigenvalue weighted by Gasteiger charge is -2.20. The number of hydrogen-bond donors (Lipinski definition) is 1. The molecule has 0 bridgehead atoms. The number of carbonyl (C=O) groups excluding carboxylic acids is 1. The normalized spacial score (nSPS) is 12.6. The molecule has 0 radical (unpaired) electrons. The third kappa shape index (κ3) is 5.47. The molecule has 5 rings (SSSR count). The molecule has 0 spiro atoms. The maximum atomic E-state index is 13.1. The van der Waals surface area contributed by atoms with Crippen LogP contribution in [0.3, 0.4) is 0 Å². The summed E-state index contributed by atoms with van der Waals surface area (Å²) < 4.78 is 43.9. The van der Waals surface area contributed by atoms with Gasteiger partial charge in [0.05, 0.1) is 11.3 Å². The van der Waals surface area contributed by atoms with Gasteiger partial charge in [0.2, 0.25) is 22.7 Å². The summed E-state index contributed by atoms with van der Waals surface area (Å²) in [6, 6.07) is 20.5. The third-order valence-corrected chi connectivity index (χ3v) is 7.72. The van der Waals surface area contributed by atoms with Gasteiger partial charge >= 0.3 is 6.01 Å². The second-order valence-electron chi connectivity index (χ2n) is 8.26. The largest absolute Gasteiger partial charge is 0.454 e. The Bertz CT molecular complexity index is 1500. The number of anilines is 1. The average molecular weight is 521 g/mol. The maximum Gasteiger partial charge on any atom is 0.322 e. The molecule has 0 aliphatic carbocycles. The molecule has 1 N–H and O–H groups in total. The van der Waals surface area contributed by atoms with E-state index in [1.165, 1.54) is 28.6 Å². The van der Waals surface area contributed by atoms with Gasteiger partial charge in [-0.2, -0.15) is 4.31 Å². The predicted octanol–water partition coefficient (Wildman–Crippen LogP) is 3.85. The third-order valence-electron chi connectivity index (χ3n) is 5.79. The van der Waals surface area contributed by atoms with Gasteiger partial charge in [-0.1, -0.05) is 48.4 Å². The van der Waals surface area contributed by atoms with Crippen LogP contribution in [-0.2, 0) is 23.0 Å². The van der Waals surface area contributed by atoms with Crippen LogP contribution in [0.2, 0.25) is 0 Å². The van der Waals surface area contributed by atoms with E-state index >= 15 is 0 Å². The summed E-state index contributed by atoms with van der Waals surface area (Å²) in [5, 5.41) is 10.4. The average Bonchev–Trinajstić information content (AvgIpc) is 3.56. The minimum atomic E-state index is -3.74. The zero-order chi connectivity index (χ0) is 25.8. The number of nitrogens with one attached hydrogen (secondary N) is 1. The quantitative estimate of drug-likeness (QED) is 0.353. The number of hydrogen-bond acceptors (Lipinski definition) is 8. The first-order valence-corrected chi connectivity index (χ1v) is 13.0. The van der Waals surface area contributed by atoms with Crippen molar-refractivity contribution in [2.75, 3.05) is 18.7 Å². The van der Waals surface area contributed by atoms with Crippen molar-refractivity contribution in [3.05, 3.63) is 95.4 Å². The Balaban J connectivity index is 1.23. The summed E-state index contributed by atoms with van der Waals surface area (Å²) in [5.41, 5.74) is 2.03. The molecule has 0 atom stereocenters. The molecule has 3 aromatic carbocycles. The molecule has 1 amide bonds. The highest BCUT2D eigenvalue weighted by Gasteiger charge is 2.24. The van der Waals surface area contributed by atoms with Gasteiger partial charge in [-0.25, -0.2) is 8.42 Å². The number of rotatable bonds is 9. The van der Waals surface area contributed by atoms with E-state index in [9.17, 15) is 13.2 Å². The molecule has 11 heteroatoms. The number of sulfonamides is 1. The molecule has 10 nitrogen and oxygen atoms in total. The number of amides is 1. The number of nitrogens with zero attached hydrogens (tertiary/aromatic N) is 3. The zero-order valence-corrected chi connectivity index (χ0v) is 20.8. The van der Waals surface area contributed by atoms with Crippen LogP contribution in [0.5, 0.6) is 11.5 Å². The second-order valence-corrected chi connectivity index (χ2v) is 10.2. The highest BCUT2D eigenvalue weighted by atomic mass is 32.2. The van der Waals surface area contributed by atoms with Gasteiger partial charge in [-0.3, -0.25) is 10.1 Å². The van der Waals surface area contributed by atoms with Crippen LogP contribution in [0, 0.1) is 0 Å². The number of carbonyl (C=O) groups is 1. The molecule has 4 aromatic rings. The number of fused-ring (bicyclic) bond motifs is 1. The van der Waals surface area contributed by atoms with Crippen LogP contribution in [-0.4, -0.2) is 42.2 Å². The van der Waals surface area contributed by atoms with Gasteiger partial charge < -0.3 is 13.9 Å². The summed E-state index contributed by atoms with van der Waals surface area (Å²) in [4.78, 5) is 12.8. The summed E-state index contributed by atoms with van der Waals surface area (Å²) in [6.45, 7) is 2.54. The molecule has 1 aliphatic rings. The first-order chi connectivity index (χ1) is 17.9. The summed E-state index contributed by atoms with van der Waals surface area (Å²) >= 11 is 0. The molecule has 1 aromatic heterocycles. The van der Waals surface area contributed by atoms with E-state index in [0.29, 0.717) is 30.4 Å². The lowest BCUT2D eigenvalue weighted by Crippen LogP contribution is -2.30. The Hall–Kier alpha value is -4.22. The van der Waals surface area contributed by atoms with Crippen LogP contribution in [0.1, 0.15) is 34.3 Å². The van der Waals surface area contributed by atoms with E-state index in [-0.39, 0.29) is 29.8 Å². The Morgan fingerprint density at radius 3 is 2.46 bits per heavy atom. The minimum Gasteiger partial charge on any atom is -0.454 e. The van der Waals surface area contributed by atoms with E-state index in [2.05, 4.69) is 15.5 Å². The molecule has 37 heavy (non-hydrogen) atoms. The molecule has 0 unspecified atom stereocenters. The van der Waals surface area contributed by atoms with Gasteiger partial charge in [0.1, 0.15) is 0 Å². The number of ether oxygens (including phenoxy) is 2. The predicted molar refractivity (Wildman–Crippen MR) is 134 cm³/mol. The fourth-order valence-corrected chi connectivity index (χ4v) is 5.29. The molecule has 1 aliphatic heterocycles. The van der Waals surface area contributed by atoms with Crippen LogP contribution in [0.15, 0.2) is 82.1 Å². The summed E-state index contributed by atoms with van der Waals surface area (Å²) in [5.74, 6) is 1.14. The van der Waals surface area contributed by atoms with E-state index in [1.807, 2.05) is 48.5 Å². The van der Waals surface area contributed by atoms with Crippen LogP contribution in [0.25, 0.3) is 0 Å². The van der Waals surface area contributed by atoms with E-state index in [4.69, 9.17) is 13.9 Å². The first kappa shape index (κ1) is 24.5. The second kappa shape index (κ2) is 10.4. The molecular weight excluding hydrogens is 496 g/mol. The number of aromatic nitrogens is 2. The Morgan fingerprint density at radius 2 is 1.70 bits per heavy atom.